The Morgan fingerprint density at radius 2 is 0.500 bits per heavy atom. The van der Waals surface area contributed by atoms with Crippen LogP contribution in [0.4, 0.5) is 0 Å². The van der Waals surface area contributed by atoms with E-state index in [1.165, 1.54) is 0 Å². The van der Waals surface area contributed by atoms with Crippen molar-refractivity contribution in [3.8, 4) is 0 Å². The molecule has 0 heterocycles. The second kappa shape index (κ2) is 48.0. The molecule has 0 atom stereocenters. The molecule has 34 valence electrons. The van der Waals surface area contributed by atoms with Gasteiger partial charge in [-0.05, 0) is 0 Å². The molecular formula is BIU6. The predicted octanol–water partition coefficient (Wildman–Crippen LogP) is 0.505. The van der Waals surface area contributed by atoms with Crippen LogP contribution in [0, 0.1) is 187 Å². The molecule has 2 radical (unpaired) electrons. The van der Waals surface area contributed by atoms with E-state index in [1.54, 1.807) is 22.4 Å². The molecule has 0 nitrogen and oxygen atoms in total. The monoisotopic (exact) mass is 1570 g/mol. The second-order valence-electron chi connectivity index (χ2n) is 0. The molecule has 0 saturated carbocycles. The molecule has 0 aliphatic carbocycles. The van der Waals surface area contributed by atoms with E-state index in [1.807, 2.05) is 0 Å². The summed E-state index contributed by atoms with van der Waals surface area (Å²) in [4.78, 5) is 0. The van der Waals surface area contributed by atoms with E-state index < -0.39 is 0 Å². The van der Waals surface area contributed by atoms with Crippen LogP contribution in [-0.4, -0.2) is 5.70 Å². The Labute approximate surface area is 208 Å². The molecule has 8 heteroatoms. The largest absolute Gasteiger partial charge is 0.169 e. The van der Waals surface area contributed by atoms with Gasteiger partial charge in [0.1, 0.15) is 0 Å². The summed E-state index contributed by atoms with van der Waals surface area (Å²) >= 11 is 1.65. The van der Waals surface area contributed by atoms with Gasteiger partial charge in [0.05, 0.1) is 0 Å². The van der Waals surface area contributed by atoms with Crippen molar-refractivity contribution in [3.63, 3.8) is 0 Å². The average molecular weight is 1570 g/mol. The second-order valence-corrected chi connectivity index (χ2v) is 0. The number of rotatable bonds is 0. The number of hydrogen-bond acceptors (Lipinski definition) is 0. The van der Waals surface area contributed by atoms with Crippen molar-refractivity contribution >= 4 is 28.1 Å². The van der Waals surface area contributed by atoms with E-state index in [9.17, 15) is 0 Å². The molecule has 0 rings (SSSR count). The van der Waals surface area contributed by atoms with Gasteiger partial charge in [-0.3, -0.25) is 0 Å². The van der Waals surface area contributed by atoms with Gasteiger partial charge < -0.3 is 0 Å². The van der Waals surface area contributed by atoms with Crippen LogP contribution in [0.25, 0.3) is 0 Å². The molecule has 0 N–H and O–H groups in total. The van der Waals surface area contributed by atoms with E-state index >= 15 is 0 Å². The minimum atomic E-state index is 0. The van der Waals surface area contributed by atoms with Crippen LogP contribution in [0.1, 0.15) is 0 Å². The first-order chi connectivity index (χ1) is 1.00. The first-order valence-corrected chi connectivity index (χ1v) is 1.46. The summed E-state index contributed by atoms with van der Waals surface area (Å²) in [7, 11) is 0. The van der Waals surface area contributed by atoms with Crippen LogP contribution in [0.5, 0.6) is 0 Å². The van der Waals surface area contributed by atoms with Crippen LogP contribution >= 0.6 is 22.4 Å². The fourth-order valence-corrected chi connectivity index (χ4v) is 0. The first-order valence-electron chi connectivity index (χ1n) is 0.218. The predicted molar refractivity (Wildman–Crippen MR) is 19.8 cm³/mol. The molecule has 0 aromatic rings. The summed E-state index contributed by atoms with van der Waals surface area (Å²) in [5.74, 6) is 0. The molecule has 0 aliphatic heterocycles. The van der Waals surface area contributed by atoms with Crippen molar-refractivity contribution < 1.29 is 187 Å². The van der Waals surface area contributed by atoms with Gasteiger partial charge in [0.15, 0.2) is 5.70 Å². The Kier molecular flexibility index (Phi) is 274. The third kappa shape index (κ3) is 38.0. The van der Waals surface area contributed by atoms with Gasteiger partial charge in [-0.2, -0.15) is 22.4 Å². The maximum atomic E-state index is 4.47. The molecule has 0 amide bonds. The van der Waals surface area contributed by atoms with Crippen molar-refractivity contribution in [1.82, 2.24) is 0 Å². The summed E-state index contributed by atoms with van der Waals surface area (Å²) in [6.07, 6.45) is 0. The smallest absolute Gasteiger partial charge is 0.169 e. The topological polar surface area (TPSA) is 0 Å². The van der Waals surface area contributed by atoms with Crippen LogP contribution in [0.15, 0.2) is 0 Å². The average Bonchev–Trinajstić information content (AvgIpc) is 1.00. The normalized spacial score (nSPS) is 0.625. The zero-order valence-electron chi connectivity index (χ0n) is 3.96. The maximum absolute atomic E-state index is 4.47. The van der Waals surface area contributed by atoms with E-state index in [-0.39, 0.29) is 187 Å². The van der Waals surface area contributed by atoms with Crippen molar-refractivity contribution in [2.45, 2.75) is 0 Å². The van der Waals surface area contributed by atoms with Gasteiger partial charge in [-0.25, -0.2) is 0 Å². The molecule has 0 bridgehead atoms. The molecule has 0 spiro atoms. The fourth-order valence-electron chi connectivity index (χ4n) is 0. The van der Waals surface area contributed by atoms with Gasteiger partial charge in [0.2, 0.25) is 0 Å². The third-order valence-electron chi connectivity index (χ3n) is 0. The third-order valence-corrected chi connectivity index (χ3v) is 0. The summed E-state index contributed by atoms with van der Waals surface area (Å²) in [6, 6.07) is 0. The molecule has 0 fully saturated rings. The Balaban J connectivity index is -0.000000000333. The van der Waals surface area contributed by atoms with Gasteiger partial charge in [0.25, 0.3) is 0 Å². The van der Waals surface area contributed by atoms with E-state index in [0.717, 1.165) is 0 Å². The van der Waals surface area contributed by atoms with E-state index in [2.05, 4.69) is 5.70 Å². The Bertz CT molecular complexity index is 8.49. The first kappa shape index (κ1) is 45.7. The van der Waals surface area contributed by atoms with Gasteiger partial charge in [0, 0.05) is 187 Å². The van der Waals surface area contributed by atoms with Crippen LogP contribution in [-0.2, 0) is 0 Å². The Morgan fingerprint density at radius 1 is 0.500 bits per heavy atom. The zero-order valence-corrected chi connectivity index (χ0v) is 31.1. The van der Waals surface area contributed by atoms with Crippen LogP contribution in [0.3, 0.4) is 0 Å². The van der Waals surface area contributed by atoms with Crippen molar-refractivity contribution in [1.29, 1.82) is 0 Å². The van der Waals surface area contributed by atoms with Crippen LogP contribution < -0.4 is 0 Å². The molecule has 0 aromatic heterocycles. The maximum Gasteiger partial charge on any atom is 0.169 e. The minimum absolute atomic E-state index is 0. The van der Waals surface area contributed by atoms with E-state index in [0.29, 0.717) is 0 Å². The summed E-state index contributed by atoms with van der Waals surface area (Å²) in [5.41, 5.74) is 4.47. The molecule has 0 aliphatic rings. The molecule has 0 unspecified atom stereocenters. The van der Waals surface area contributed by atoms with Crippen molar-refractivity contribution in [2.75, 3.05) is 0 Å². The number of halogens is 1. The summed E-state index contributed by atoms with van der Waals surface area (Å²) in [5, 5.41) is 0. The Morgan fingerprint density at radius 3 is 0.500 bits per heavy atom. The van der Waals surface area contributed by atoms with E-state index in [4.69, 9.17) is 0 Å². The van der Waals surface area contributed by atoms with Crippen LogP contribution in [0.2, 0.25) is 0 Å². The standard InChI is InChI=1S/BI.6U/c1-2;;;;;;. The van der Waals surface area contributed by atoms with Crippen molar-refractivity contribution in [2.24, 2.45) is 0 Å². The SMILES string of the molecule is [B]I.[U].[U].[U].[U].[U].[U]. The molecular weight excluding hydrogens is 1570 g/mol. The van der Waals surface area contributed by atoms with Gasteiger partial charge >= 0.3 is 0 Å². The van der Waals surface area contributed by atoms with Crippen molar-refractivity contribution in [3.05, 3.63) is 0 Å². The fraction of sp³-hybridized carbons (Fsp3) is 0. The Hall–Kier alpha value is 7.11. The van der Waals surface area contributed by atoms with Gasteiger partial charge in [-0.1, -0.05) is 0 Å². The number of hydrogen-bond donors (Lipinski definition) is 0. The molecule has 0 aromatic carbocycles. The minimum Gasteiger partial charge on any atom is -0.169 e. The quantitative estimate of drug-likeness (QED) is 0.246. The molecule has 8 heavy (non-hydrogen) atoms. The summed E-state index contributed by atoms with van der Waals surface area (Å²) in [6.45, 7) is 0. The zero-order chi connectivity index (χ0) is 2.00. The summed E-state index contributed by atoms with van der Waals surface area (Å²) < 4.78 is 0. The van der Waals surface area contributed by atoms with Gasteiger partial charge in [-0.15, -0.1) is 0 Å². The molecule has 0 saturated heterocycles.